The van der Waals surface area contributed by atoms with Gasteiger partial charge < -0.3 is 15.7 Å². The van der Waals surface area contributed by atoms with E-state index in [2.05, 4.69) is 23.8 Å². The summed E-state index contributed by atoms with van der Waals surface area (Å²) in [6.45, 7) is 3.74. The van der Waals surface area contributed by atoms with Crippen LogP contribution in [0.5, 0.6) is 0 Å². The van der Waals surface area contributed by atoms with E-state index in [1.807, 2.05) is 11.8 Å². The molecule has 3 N–H and O–H groups in total. The van der Waals surface area contributed by atoms with Gasteiger partial charge in [0.25, 0.3) is 0 Å². The average molecular weight is 441 g/mol. The van der Waals surface area contributed by atoms with Crippen LogP contribution >= 0.6 is 35.7 Å². The molecule has 0 aromatic carbocycles. The van der Waals surface area contributed by atoms with Crippen LogP contribution in [0.15, 0.2) is 4.99 Å². The minimum Gasteiger partial charge on any atom is -0.393 e. The molecular formula is C16H32IN3OS. The first-order chi connectivity index (χ1) is 10.2. The lowest BCUT2D eigenvalue weighted by molar-refractivity contribution is 0.136. The summed E-state index contributed by atoms with van der Waals surface area (Å²) in [7, 11) is 0. The summed E-state index contributed by atoms with van der Waals surface area (Å²) in [6.07, 6.45) is 10.4. The second-order valence-electron chi connectivity index (χ2n) is 6.34. The molecule has 0 aromatic heterocycles. The van der Waals surface area contributed by atoms with Gasteiger partial charge in [-0.25, -0.2) is 0 Å². The van der Waals surface area contributed by atoms with Crippen molar-refractivity contribution in [1.29, 1.82) is 0 Å². The molecule has 130 valence electrons. The van der Waals surface area contributed by atoms with Crippen LogP contribution in [0.2, 0.25) is 0 Å². The SMILES string of the molecule is CCNC(=NCC1CCCC1O)NC1CCCC(SC)C1.I. The summed E-state index contributed by atoms with van der Waals surface area (Å²) in [5.41, 5.74) is 0. The zero-order valence-electron chi connectivity index (χ0n) is 13.9. The number of aliphatic hydroxyl groups excluding tert-OH is 1. The van der Waals surface area contributed by atoms with Gasteiger partial charge in [0.05, 0.1) is 6.10 Å². The monoisotopic (exact) mass is 441 g/mol. The third kappa shape index (κ3) is 6.43. The predicted molar refractivity (Wildman–Crippen MR) is 107 cm³/mol. The zero-order chi connectivity index (χ0) is 15.1. The quantitative estimate of drug-likeness (QED) is 0.349. The Labute approximate surface area is 156 Å². The molecule has 0 aromatic rings. The highest BCUT2D eigenvalue weighted by molar-refractivity contribution is 14.0. The zero-order valence-corrected chi connectivity index (χ0v) is 17.0. The molecule has 0 aliphatic heterocycles. The number of thioether (sulfide) groups is 1. The maximum absolute atomic E-state index is 9.91. The number of hydrogen-bond donors (Lipinski definition) is 3. The summed E-state index contributed by atoms with van der Waals surface area (Å²) < 4.78 is 0. The highest BCUT2D eigenvalue weighted by Gasteiger charge is 2.25. The number of nitrogens with one attached hydrogen (secondary N) is 2. The second-order valence-corrected chi connectivity index (χ2v) is 7.48. The van der Waals surface area contributed by atoms with E-state index in [0.717, 1.165) is 43.6 Å². The molecule has 4 unspecified atom stereocenters. The summed E-state index contributed by atoms with van der Waals surface area (Å²) in [5, 5.41) is 17.7. The molecule has 2 aliphatic carbocycles. The summed E-state index contributed by atoms with van der Waals surface area (Å²) >= 11 is 1.99. The van der Waals surface area contributed by atoms with Crippen molar-refractivity contribution in [3.63, 3.8) is 0 Å². The molecule has 0 saturated heterocycles. The highest BCUT2D eigenvalue weighted by Crippen LogP contribution is 2.27. The maximum Gasteiger partial charge on any atom is 0.191 e. The Morgan fingerprint density at radius 3 is 2.64 bits per heavy atom. The van der Waals surface area contributed by atoms with Gasteiger partial charge in [0.15, 0.2) is 5.96 Å². The molecule has 0 amide bonds. The van der Waals surface area contributed by atoms with Crippen molar-refractivity contribution in [3.05, 3.63) is 0 Å². The maximum atomic E-state index is 9.91. The Hall–Kier alpha value is 0.310. The van der Waals surface area contributed by atoms with Gasteiger partial charge >= 0.3 is 0 Å². The first-order valence-corrected chi connectivity index (χ1v) is 9.77. The highest BCUT2D eigenvalue weighted by atomic mass is 127. The van der Waals surface area contributed by atoms with E-state index in [4.69, 9.17) is 4.99 Å². The third-order valence-corrected chi connectivity index (χ3v) is 5.84. The lowest BCUT2D eigenvalue weighted by atomic mass is 9.95. The molecule has 0 spiro atoms. The standard InChI is InChI=1S/C16H31N3OS.HI/c1-3-17-16(18-11-12-6-4-9-15(12)20)19-13-7-5-8-14(10-13)21-2;/h12-15,20H,3-11H2,1-2H3,(H2,17,18,19);1H. The molecule has 0 bridgehead atoms. The average Bonchev–Trinajstić information content (AvgIpc) is 2.90. The van der Waals surface area contributed by atoms with Crippen molar-refractivity contribution in [2.75, 3.05) is 19.3 Å². The normalized spacial score (nSPS) is 32.4. The van der Waals surface area contributed by atoms with Gasteiger partial charge in [-0.3, -0.25) is 4.99 Å². The van der Waals surface area contributed by atoms with Crippen LogP contribution in [0.1, 0.15) is 51.9 Å². The molecule has 2 fully saturated rings. The van der Waals surface area contributed by atoms with Crippen molar-refractivity contribution in [2.45, 2.75) is 69.3 Å². The van der Waals surface area contributed by atoms with Gasteiger partial charge in [0.2, 0.25) is 0 Å². The number of halogens is 1. The molecule has 0 heterocycles. The van der Waals surface area contributed by atoms with Gasteiger partial charge in [-0.2, -0.15) is 11.8 Å². The fourth-order valence-corrected chi connectivity index (χ4v) is 4.27. The van der Waals surface area contributed by atoms with Gasteiger partial charge in [0, 0.05) is 30.3 Å². The van der Waals surface area contributed by atoms with Gasteiger partial charge in [0.1, 0.15) is 0 Å². The summed E-state index contributed by atoms with van der Waals surface area (Å²) in [5.74, 6) is 1.29. The third-order valence-electron chi connectivity index (χ3n) is 4.75. The largest absolute Gasteiger partial charge is 0.393 e. The molecular weight excluding hydrogens is 409 g/mol. The van der Waals surface area contributed by atoms with Crippen LogP contribution < -0.4 is 10.6 Å². The Bertz CT molecular complexity index is 343. The molecule has 2 aliphatic rings. The first kappa shape index (κ1) is 20.4. The molecule has 4 nitrogen and oxygen atoms in total. The molecule has 2 saturated carbocycles. The molecule has 6 heteroatoms. The first-order valence-electron chi connectivity index (χ1n) is 8.48. The van der Waals surface area contributed by atoms with E-state index in [1.165, 1.54) is 25.7 Å². The molecule has 22 heavy (non-hydrogen) atoms. The van der Waals surface area contributed by atoms with E-state index in [0.29, 0.717) is 12.0 Å². The lowest BCUT2D eigenvalue weighted by Crippen LogP contribution is -2.46. The summed E-state index contributed by atoms with van der Waals surface area (Å²) in [4.78, 5) is 4.72. The van der Waals surface area contributed by atoms with Crippen LogP contribution in [-0.4, -0.2) is 47.8 Å². The Morgan fingerprint density at radius 1 is 1.23 bits per heavy atom. The fourth-order valence-electron chi connectivity index (χ4n) is 3.44. The van der Waals surface area contributed by atoms with Crippen LogP contribution in [0.25, 0.3) is 0 Å². The second kappa shape index (κ2) is 11.0. The van der Waals surface area contributed by atoms with Crippen LogP contribution in [0.3, 0.4) is 0 Å². The van der Waals surface area contributed by atoms with Gasteiger partial charge in [-0.15, -0.1) is 24.0 Å². The molecule has 2 rings (SSSR count). The van der Waals surface area contributed by atoms with E-state index in [-0.39, 0.29) is 30.1 Å². The van der Waals surface area contributed by atoms with E-state index < -0.39 is 0 Å². The van der Waals surface area contributed by atoms with Crippen LogP contribution in [0.4, 0.5) is 0 Å². The predicted octanol–water partition coefficient (Wildman–Crippen LogP) is 2.99. The number of guanidine groups is 1. The minimum atomic E-state index is -0.146. The van der Waals surface area contributed by atoms with E-state index >= 15 is 0 Å². The van der Waals surface area contributed by atoms with Crippen molar-refractivity contribution < 1.29 is 5.11 Å². The fraction of sp³-hybridized carbons (Fsp3) is 0.938. The Kier molecular flexibility index (Phi) is 10.1. The van der Waals surface area contributed by atoms with E-state index in [9.17, 15) is 5.11 Å². The summed E-state index contributed by atoms with van der Waals surface area (Å²) in [6, 6.07) is 0.544. The molecule has 0 radical (unpaired) electrons. The van der Waals surface area contributed by atoms with E-state index in [1.54, 1.807) is 0 Å². The number of rotatable bonds is 5. The number of nitrogens with zero attached hydrogens (tertiary/aromatic N) is 1. The Balaban J connectivity index is 0.00000242. The van der Waals surface area contributed by atoms with Crippen molar-refractivity contribution in [3.8, 4) is 0 Å². The lowest BCUT2D eigenvalue weighted by Gasteiger charge is -2.30. The Morgan fingerprint density at radius 2 is 2.00 bits per heavy atom. The van der Waals surface area contributed by atoms with Crippen molar-refractivity contribution in [1.82, 2.24) is 10.6 Å². The van der Waals surface area contributed by atoms with Crippen LogP contribution in [0, 0.1) is 5.92 Å². The topological polar surface area (TPSA) is 56.7 Å². The number of hydrogen-bond acceptors (Lipinski definition) is 3. The molecule has 4 atom stereocenters. The smallest absolute Gasteiger partial charge is 0.191 e. The minimum absolute atomic E-state index is 0. The van der Waals surface area contributed by atoms with Crippen LogP contribution in [-0.2, 0) is 0 Å². The van der Waals surface area contributed by atoms with Gasteiger partial charge in [-0.05, 0) is 45.3 Å². The number of aliphatic hydroxyl groups is 1. The van der Waals surface area contributed by atoms with Crippen molar-refractivity contribution >= 4 is 41.7 Å². The van der Waals surface area contributed by atoms with Crippen molar-refractivity contribution in [2.24, 2.45) is 10.9 Å². The number of aliphatic imine (C=N–C) groups is 1. The van der Waals surface area contributed by atoms with Gasteiger partial charge in [-0.1, -0.05) is 12.8 Å².